The molecule has 0 aromatic heterocycles. The molecule has 0 N–H and O–H groups in total. The normalized spacial score (nSPS) is 24.4. The van der Waals surface area contributed by atoms with E-state index in [4.69, 9.17) is 4.74 Å². The van der Waals surface area contributed by atoms with E-state index >= 15 is 0 Å². The van der Waals surface area contributed by atoms with Gasteiger partial charge in [0.25, 0.3) is 0 Å². The number of carbonyl (C=O) groups excluding carboxylic acids is 4. The molecule has 0 bridgehead atoms. The number of hydrogen-bond donors (Lipinski definition) is 0. The van der Waals surface area contributed by atoms with Crippen LogP contribution in [0.2, 0.25) is 0 Å². The number of carbonyl (C=O) groups is 4. The number of rotatable bonds is 3. The van der Waals surface area contributed by atoms with E-state index in [1.54, 1.807) is 24.3 Å². The molecule has 6 nitrogen and oxygen atoms in total. The Morgan fingerprint density at radius 3 is 1.86 bits per heavy atom. The van der Waals surface area contributed by atoms with Crippen LogP contribution in [-0.4, -0.2) is 33.9 Å². The summed E-state index contributed by atoms with van der Waals surface area (Å²) >= 11 is 0. The third-order valence-corrected chi connectivity index (χ3v) is 7.48. The van der Waals surface area contributed by atoms with Gasteiger partial charge >= 0.3 is 0 Å². The van der Waals surface area contributed by atoms with Gasteiger partial charge in [0.15, 0.2) is 0 Å². The molecular formula is C29H23NO5. The first kappa shape index (κ1) is 21.6. The number of fused-ring (bicyclic) bond motifs is 3. The highest BCUT2D eigenvalue weighted by Gasteiger charge is 2.74. The van der Waals surface area contributed by atoms with Crippen LogP contribution in [0, 0.1) is 25.7 Å². The fourth-order valence-electron chi connectivity index (χ4n) is 5.67. The third kappa shape index (κ3) is 2.93. The van der Waals surface area contributed by atoms with Crippen molar-refractivity contribution in [3.8, 4) is 0 Å². The second-order valence-corrected chi connectivity index (χ2v) is 9.64. The predicted octanol–water partition coefficient (Wildman–Crippen LogP) is 3.99. The van der Waals surface area contributed by atoms with Gasteiger partial charge in [-0.05, 0) is 25.0 Å². The molecule has 3 atom stereocenters. The first-order valence-corrected chi connectivity index (χ1v) is 11.7. The quantitative estimate of drug-likeness (QED) is 0.432. The lowest BCUT2D eigenvalue weighted by Gasteiger charge is -2.27. The number of Topliss-reactive ketones (excluding diaryl/α,β-unsaturated/α-hetero) is 2. The number of benzene rings is 3. The first-order chi connectivity index (χ1) is 16.8. The Hall–Kier alpha value is -3.90. The fraction of sp³-hybridized carbons (Fsp3) is 0.241. The molecule has 3 aromatic rings. The molecule has 3 aromatic carbocycles. The summed E-state index contributed by atoms with van der Waals surface area (Å²) in [5.41, 5.74) is 1.99. The van der Waals surface area contributed by atoms with Crippen molar-refractivity contribution in [2.75, 3.05) is 0 Å². The zero-order chi connectivity index (χ0) is 24.5. The minimum atomic E-state index is -2.03. The molecule has 6 heteroatoms. The Morgan fingerprint density at radius 1 is 0.743 bits per heavy atom. The average molecular weight is 466 g/mol. The summed E-state index contributed by atoms with van der Waals surface area (Å²) in [4.78, 5) is 56.2. The molecule has 2 heterocycles. The number of imide groups is 1. The molecule has 3 aliphatic rings. The third-order valence-electron chi connectivity index (χ3n) is 7.48. The lowest BCUT2D eigenvalue weighted by molar-refractivity contribution is -0.145. The predicted molar refractivity (Wildman–Crippen MR) is 127 cm³/mol. The van der Waals surface area contributed by atoms with E-state index in [0.717, 1.165) is 16.7 Å². The van der Waals surface area contributed by atoms with Gasteiger partial charge < -0.3 is 4.74 Å². The molecule has 1 spiro atoms. The van der Waals surface area contributed by atoms with Gasteiger partial charge in [0.1, 0.15) is 0 Å². The second kappa shape index (κ2) is 7.55. The van der Waals surface area contributed by atoms with Crippen molar-refractivity contribution in [3.63, 3.8) is 0 Å². The SMILES string of the molecule is Cc1ccc(CN2C(=O)[C@@H]3[C@@H](c4ccc(C)cc4)OC4(C(=O)c5ccccc5C4=O)[C@@H]3C2=O)cc1. The maximum absolute atomic E-state index is 13.8. The highest BCUT2D eigenvalue weighted by molar-refractivity contribution is 6.35. The molecule has 174 valence electrons. The summed E-state index contributed by atoms with van der Waals surface area (Å²) in [6, 6.07) is 21.5. The average Bonchev–Trinajstić information content (AvgIpc) is 3.42. The number of likely N-dealkylation sites (tertiary alicyclic amines) is 1. The monoisotopic (exact) mass is 465 g/mol. The van der Waals surface area contributed by atoms with E-state index in [1.165, 1.54) is 4.90 Å². The topological polar surface area (TPSA) is 80.8 Å². The minimum Gasteiger partial charge on any atom is -0.349 e. The van der Waals surface area contributed by atoms with Crippen LogP contribution in [0.4, 0.5) is 0 Å². The van der Waals surface area contributed by atoms with Gasteiger partial charge in [-0.3, -0.25) is 24.1 Å². The zero-order valence-corrected chi connectivity index (χ0v) is 19.4. The summed E-state index contributed by atoms with van der Waals surface area (Å²) < 4.78 is 6.30. The Kier molecular flexibility index (Phi) is 4.66. The van der Waals surface area contributed by atoms with Crippen molar-refractivity contribution in [3.05, 3.63) is 106 Å². The summed E-state index contributed by atoms with van der Waals surface area (Å²) in [5.74, 6) is -4.21. The molecular weight excluding hydrogens is 442 g/mol. The van der Waals surface area contributed by atoms with Crippen molar-refractivity contribution in [1.29, 1.82) is 0 Å². The van der Waals surface area contributed by atoms with Crippen LogP contribution in [0.25, 0.3) is 0 Å². The number of aryl methyl sites for hydroxylation is 2. The second-order valence-electron chi connectivity index (χ2n) is 9.64. The Bertz CT molecular complexity index is 1370. The summed E-state index contributed by atoms with van der Waals surface area (Å²) in [5, 5.41) is 0. The molecule has 0 saturated carbocycles. The maximum atomic E-state index is 13.8. The number of ketones is 2. The lowest BCUT2D eigenvalue weighted by Crippen LogP contribution is -2.50. The van der Waals surface area contributed by atoms with Crippen molar-refractivity contribution in [2.45, 2.75) is 32.1 Å². The molecule has 2 fully saturated rings. The first-order valence-electron chi connectivity index (χ1n) is 11.7. The summed E-state index contributed by atoms with van der Waals surface area (Å²) in [6.07, 6.45) is -0.887. The van der Waals surface area contributed by atoms with Gasteiger partial charge in [-0.1, -0.05) is 83.9 Å². The van der Waals surface area contributed by atoms with E-state index in [0.29, 0.717) is 5.56 Å². The number of amides is 2. The van der Waals surface area contributed by atoms with Gasteiger partial charge in [-0.2, -0.15) is 0 Å². The van der Waals surface area contributed by atoms with Gasteiger partial charge in [0.2, 0.25) is 29.0 Å². The number of nitrogens with zero attached hydrogens (tertiary/aromatic N) is 1. The van der Waals surface area contributed by atoms with Crippen LogP contribution in [0.15, 0.2) is 72.8 Å². The highest BCUT2D eigenvalue weighted by Crippen LogP contribution is 2.57. The van der Waals surface area contributed by atoms with E-state index in [1.807, 2.05) is 62.4 Å². The van der Waals surface area contributed by atoms with Crippen LogP contribution >= 0.6 is 0 Å². The lowest BCUT2D eigenvalue weighted by atomic mass is 9.77. The fourth-order valence-corrected chi connectivity index (χ4v) is 5.67. The van der Waals surface area contributed by atoms with E-state index in [2.05, 4.69) is 0 Å². The van der Waals surface area contributed by atoms with E-state index in [-0.39, 0.29) is 17.7 Å². The van der Waals surface area contributed by atoms with E-state index in [9.17, 15) is 19.2 Å². The van der Waals surface area contributed by atoms with Crippen LogP contribution in [0.3, 0.4) is 0 Å². The number of ether oxygens (including phenoxy) is 1. The standard InChI is InChI=1S/C29H23NO5/c1-16-7-11-18(12-8-16)15-30-27(33)22-23(28(30)34)29(35-24(22)19-13-9-17(2)10-14-19)25(31)20-5-3-4-6-21(20)26(29)32/h3-14,22-24H,15H2,1-2H3/t22-,23-,24+/m0/s1. The zero-order valence-electron chi connectivity index (χ0n) is 19.4. The molecule has 35 heavy (non-hydrogen) atoms. The van der Waals surface area contributed by atoms with Crippen molar-refractivity contribution < 1.29 is 23.9 Å². The molecule has 2 saturated heterocycles. The Morgan fingerprint density at radius 2 is 1.29 bits per heavy atom. The molecule has 0 unspecified atom stereocenters. The summed E-state index contributed by atoms with van der Waals surface area (Å²) in [7, 11) is 0. The van der Waals surface area contributed by atoms with Gasteiger partial charge in [-0.25, -0.2) is 0 Å². The highest BCUT2D eigenvalue weighted by atomic mass is 16.5. The maximum Gasteiger partial charge on any atom is 0.237 e. The molecule has 6 rings (SSSR count). The van der Waals surface area contributed by atoms with Crippen LogP contribution < -0.4 is 0 Å². The minimum absolute atomic E-state index is 0.0803. The molecule has 1 aliphatic carbocycles. The van der Waals surface area contributed by atoms with Crippen molar-refractivity contribution in [1.82, 2.24) is 4.90 Å². The van der Waals surface area contributed by atoms with Crippen LogP contribution in [0.1, 0.15) is 49.1 Å². The van der Waals surface area contributed by atoms with Crippen molar-refractivity contribution in [2.24, 2.45) is 11.8 Å². The largest absolute Gasteiger partial charge is 0.349 e. The van der Waals surface area contributed by atoms with Crippen molar-refractivity contribution >= 4 is 23.4 Å². The summed E-state index contributed by atoms with van der Waals surface area (Å²) in [6.45, 7) is 3.98. The Labute approximate surface area is 202 Å². The van der Waals surface area contributed by atoms with Gasteiger partial charge in [0, 0.05) is 11.1 Å². The van der Waals surface area contributed by atoms with E-state index < -0.39 is 46.9 Å². The smallest absolute Gasteiger partial charge is 0.237 e. The van der Waals surface area contributed by atoms with Gasteiger partial charge in [-0.15, -0.1) is 0 Å². The Balaban J connectivity index is 1.48. The molecule has 0 radical (unpaired) electrons. The van der Waals surface area contributed by atoms with Crippen LogP contribution in [-0.2, 0) is 20.9 Å². The molecule has 2 amide bonds. The van der Waals surface area contributed by atoms with Crippen LogP contribution in [0.5, 0.6) is 0 Å². The number of hydrogen-bond acceptors (Lipinski definition) is 5. The van der Waals surface area contributed by atoms with Gasteiger partial charge in [0.05, 0.1) is 24.5 Å². The molecule has 2 aliphatic heterocycles.